The molecule has 0 aliphatic carbocycles. The molecule has 21 heavy (non-hydrogen) atoms. The molecule has 0 bridgehead atoms. The number of nitrogens with zero attached hydrogens (tertiary/aromatic N) is 2. The molecule has 3 rings (SSSR count). The minimum Gasteiger partial charge on any atom is -0.298 e. The van der Waals surface area contributed by atoms with Gasteiger partial charge in [0.2, 0.25) is 0 Å². The van der Waals surface area contributed by atoms with Crippen LogP contribution in [0.2, 0.25) is 0 Å². The molecule has 2 aromatic rings. The molecular formula is C13H9N3O3S2. The predicted molar refractivity (Wildman–Crippen MR) is 80.6 cm³/mol. The Morgan fingerprint density at radius 1 is 1.05 bits per heavy atom. The van der Waals surface area contributed by atoms with Crippen LogP contribution < -0.4 is 4.72 Å². The van der Waals surface area contributed by atoms with Crippen molar-refractivity contribution in [1.29, 1.82) is 0 Å². The summed E-state index contributed by atoms with van der Waals surface area (Å²) in [5, 5.41) is 0. The van der Waals surface area contributed by atoms with E-state index in [4.69, 9.17) is 0 Å². The normalized spacial score (nSPS) is 12.6. The van der Waals surface area contributed by atoms with Gasteiger partial charge in [0.05, 0.1) is 11.4 Å². The maximum atomic E-state index is 12.4. The zero-order chi connectivity index (χ0) is 14.9. The van der Waals surface area contributed by atoms with Crippen LogP contribution in [0.5, 0.6) is 0 Å². The monoisotopic (exact) mass is 319 g/mol. The molecule has 1 N–H and O–H groups in total. The standard InChI is InChI=1S/C13H9N3O3S2/c17-8-9-4-6-10(7-5-9)16-21(18,19)12-3-1-2-11-13(12)15-20-14-11/h1-8,16H. The third kappa shape index (κ3) is 2.63. The van der Waals surface area contributed by atoms with Gasteiger partial charge in [-0.3, -0.25) is 9.52 Å². The van der Waals surface area contributed by atoms with Crippen molar-refractivity contribution in [2.75, 3.05) is 4.72 Å². The number of fused-ring (bicyclic) bond motifs is 1. The molecule has 0 saturated carbocycles. The number of anilines is 1. The number of nitrogens with one attached hydrogen (secondary N) is 1. The first-order valence-corrected chi connectivity index (χ1v) is 8.11. The zero-order valence-corrected chi connectivity index (χ0v) is 12.2. The lowest BCUT2D eigenvalue weighted by Crippen LogP contribution is -2.13. The van der Waals surface area contributed by atoms with Crippen LogP contribution in [0.3, 0.4) is 0 Å². The second kappa shape index (κ2) is 5.23. The van der Waals surface area contributed by atoms with Gasteiger partial charge >= 0.3 is 0 Å². The second-order valence-corrected chi connectivity index (χ2v) is 6.41. The molecule has 0 fully saturated rings. The quantitative estimate of drug-likeness (QED) is 0.750. The molecule has 0 unspecified atom stereocenters. The van der Waals surface area contributed by atoms with E-state index >= 15 is 0 Å². The fourth-order valence-corrected chi connectivity index (χ4v) is 3.66. The highest BCUT2D eigenvalue weighted by Gasteiger charge is 2.22. The molecule has 6 nitrogen and oxygen atoms in total. The summed E-state index contributed by atoms with van der Waals surface area (Å²) < 4.78 is 35.4. The van der Waals surface area contributed by atoms with E-state index in [2.05, 4.69) is 13.4 Å². The lowest BCUT2D eigenvalue weighted by Gasteiger charge is -2.09. The van der Waals surface area contributed by atoms with Crippen molar-refractivity contribution in [2.24, 2.45) is 8.73 Å². The molecule has 0 saturated heterocycles. The van der Waals surface area contributed by atoms with E-state index in [0.717, 1.165) is 11.4 Å². The first-order valence-electron chi connectivity index (χ1n) is 5.89. The van der Waals surface area contributed by atoms with E-state index in [9.17, 15) is 13.2 Å². The Kier molecular flexibility index (Phi) is 3.40. The van der Waals surface area contributed by atoms with Gasteiger partial charge in [0, 0.05) is 11.3 Å². The first-order chi connectivity index (χ1) is 10.1. The lowest BCUT2D eigenvalue weighted by atomic mass is 10.2. The highest BCUT2D eigenvalue weighted by Crippen LogP contribution is 2.37. The van der Waals surface area contributed by atoms with E-state index in [0.29, 0.717) is 28.9 Å². The van der Waals surface area contributed by atoms with Crippen LogP contribution in [0, 0.1) is 0 Å². The largest absolute Gasteiger partial charge is 0.298 e. The Morgan fingerprint density at radius 3 is 2.52 bits per heavy atom. The van der Waals surface area contributed by atoms with Crippen molar-refractivity contribution in [1.82, 2.24) is 0 Å². The molecular weight excluding hydrogens is 310 g/mol. The fourth-order valence-electron chi connectivity index (χ4n) is 1.84. The number of carbonyl (C=O) groups is 1. The number of sulfonamides is 1. The van der Waals surface area contributed by atoms with E-state index in [-0.39, 0.29) is 4.90 Å². The Balaban J connectivity index is 1.96. The number of hydrogen-bond donors (Lipinski definition) is 1. The van der Waals surface area contributed by atoms with Gasteiger partial charge in [-0.2, -0.15) is 8.73 Å². The third-order valence-electron chi connectivity index (χ3n) is 2.84. The highest BCUT2D eigenvalue weighted by atomic mass is 32.2. The molecule has 1 aliphatic heterocycles. The third-order valence-corrected chi connectivity index (χ3v) is 4.79. The van der Waals surface area contributed by atoms with Gasteiger partial charge in [-0.05, 0) is 36.4 Å². The highest BCUT2D eigenvalue weighted by molar-refractivity contribution is 7.93. The summed E-state index contributed by atoms with van der Waals surface area (Å²) in [5.74, 6) is 0. The smallest absolute Gasteiger partial charge is 0.264 e. The van der Waals surface area contributed by atoms with Gasteiger partial charge in [-0.15, -0.1) is 0 Å². The SMILES string of the molecule is O=Cc1ccc(NS(=O)(=O)c2cccc3c2N=S=N3)cc1. The Labute approximate surface area is 124 Å². The van der Waals surface area contributed by atoms with Crippen LogP contribution in [0.25, 0.3) is 0 Å². The van der Waals surface area contributed by atoms with E-state index in [1.54, 1.807) is 12.1 Å². The van der Waals surface area contributed by atoms with Crippen molar-refractivity contribution < 1.29 is 13.2 Å². The maximum Gasteiger partial charge on any atom is 0.264 e. The molecule has 8 heteroatoms. The summed E-state index contributed by atoms with van der Waals surface area (Å²) in [7, 11) is -3.76. The molecule has 0 radical (unpaired) electrons. The van der Waals surface area contributed by atoms with E-state index in [1.165, 1.54) is 30.3 Å². The summed E-state index contributed by atoms with van der Waals surface area (Å²) in [4.78, 5) is 10.7. The molecule has 1 aliphatic rings. The lowest BCUT2D eigenvalue weighted by molar-refractivity contribution is 0.112. The van der Waals surface area contributed by atoms with Crippen molar-refractivity contribution in [2.45, 2.75) is 4.90 Å². The van der Waals surface area contributed by atoms with Crippen molar-refractivity contribution >= 4 is 44.7 Å². The molecule has 1 heterocycles. The number of rotatable bonds is 4. The van der Waals surface area contributed by atoms with Gasteiger partial charge in [0.1, 0.15) is 22.6 Å². The van der Waals surface area contributed by atoms with Gasteiger partial charge in [-0.1, -0.05) is 6.07 Å². The number of aldehydes is 1. The predicted octanol–water partition coefficient (Wildman–Crippen LogP) is 3.03. The van der Waals surface area contributed by atoms with Crippen molar-refractivity contribution in [3.8, 4) is 0 Å². The van der Waals surface area contributed by atoms with Gasteiger partial charge < -0.3 is 0 Å². The molecule has 0 spiro atoms. The summed E-state index contributed by atoms with van der Waals surface area (Å²) in [6.45, 7) is 0. The Morgan fingerprint density at radius 2 is 1.81 bits per heavy atom. The van der Waals surface area contributed by atoms with Crippen LogP contribution in [-0.2, 0) is 21.4 Å². The van der Waals surface area contributed by atoms with Crippen LogP contribution in [0.1, 0.15) is 10.4 Å². The minimum absolute atomic E-state index is 0.0770. The first kappa shape index (κ1) is 13.7. The number of hydrogen-bond acceptors (Lipinski definition) is 5. The van der Waals surface area contributed by atoms with E-state index < -0.39 is 10.0 Å². The molecule has 106 valence electrons. The zero-order valence-electron chi connectivity index (χ0n) is 10.6. The second-order valence-electron chi connectivity index (χ2n) is 4.23. The minimum atomic E-state index is -3.76. The topological polar surface area (TPSA) is 88.0 Å². The summed E-state index contributed by atoms with van der Waals surface area (Å²) >= 11 is 0.963. The molecule has 2 aromatic carbocycles. The summed E-state index contributed by atoms with van der Waals surface area (Å²) in [6.07, 6.45) is 0.694. The Hall–Kier alpha value is -2.32. The van der Waals surface area contributed by atoms with Crippen molar-refractivity contribution in [3.63, 3.8) is 0 Å². The average Bonchev–Trinajstić information content (AvgIpc) is 2.95. The Bertz CT molecular complexity index is 883. The van der Waals surface area contributed by atoms with Crippen LogP contribution in [0.15, 0.2) is 56.1 Å². The van der Waals surface area contributed by atoms with Crippen LogP contribution in [0.4, 0.5) is 17.1 Å². The average molecular weight is 319 g/mol. The van der Waals surface area contributed by atoms with Crippen molar-refractivity contribution in [3.05, 3.63) is 48.0 Å². The summed E-state index contributed by atoms with van der Waals surface area (Å²) in [6, 6.07) is 10.9. The van der Waals surface area contributed by atoms with Crippen LogP contribution in [-0.4, -0.2) is 14.7 Å². The van der Waals surface area contributed by atoms with E-state index in [1.807, 2.05) is 0 Å². The molecule has 0 atom stereocenters. The maximum absolute atomic E-state index is 12.4. The molecule has 0 amide bonds. The summed E-state index contributed by atoms with van der Waals surface area (Å²) in [5.41, 5.74) is 1.74. The van der Waals surface area contributed by atoms with Gasteiger partial charge in [-0.25, -0.2) is 8.42 Å². The van der Waals surface area contributed by atoms with Crippen LogP contribution >= 0.6 is 0 Å². The van der Waals surface area contributed by atoms with Gasteiger partial charge in [0.25, 0.3) is 10.0 Å². The number of benzene rings is 2. The molecule has 0 aromatic heterocycles. The number of carbonyl (C=O) groups excluding carboxylic acids is 1. The van der Waals surface area contributed by atoms with Gasteiger partial charge in [0.15, 0.2) is 0 Å². The fraction of sp³-hybridized carbons (Fsp3) is 0.